The van der Waals surface area contributed by atoms with Crippen molar-refractivity contribution >= 4 is 17.0 Å². The first-order valence-corrected chi connectivity index (χ1v) is 8.81. The Kier molecular flexibility index (Phi) is 4.88. The van der Waals surface area contributed by atoms with E-state index in [1.54, 1.807) is 0 Å². The number of carbonyl (C=O) groups is 1. The van der Waals surface area contributed by atoms with E-state index in [9.17, 15) is 4.79 Å². The number of carbonyl (C=O) groups excluding carboxylic acids is 1. The summed E-state index contributed by atoms with van der Waals surface area (Å²) in [5, 5.41) is 0. The number of hydrogen-bond acceptors (Lipinski definition) is 3. The van der Waals surface area contributed by atoms with Crippen molar-refractivity contribution in [2.45, 2.75) is 40.2 Å². The number of nitrogens with zero attached hydrogens (tertiary/aromatic N) is 2. The van der Waals surface area contributed by atoms with Crippen LogP contribution < -0.4 is 0 Å². The average Bonchev–Trinajstić information content (AvgIpc) is 3.00. The molecule has 4 nitrogen and oxygen atoms in total. The standard InChI is InChI=1S/C21H24N2O2/c1-5-15(4)23-19-12-11-17(21(24)25-6-2)13-18(19)22-20(23)16-9-7-14(3)8-10-16/h7-13,15H,5-6H2,1-4H3/t15-/m0/s1. The van der Waals surface area contributed by atoms with Crippen molar-refractivity contribution in [1.82, 2.24) is 9.55 Å². The predicted octanol–water partition coefficient (Wildman–Crippen LogP) is 5.16. The topological polar surface area (TPSA) is 44.1 Å². The summed E-state index contributed by atoms with van der Waals surface area (Å²) in [5.41, 5.74) is 4.71. The first-order chi connectivity index (χ1) is 12.0. The van der Waals surface area contributed by atoms with Gasteiger partial charge in [-0.2, -0.15) is 0 Å². The molecule has 0 saturated heterocycles. The van der Waals surface area contributed by atoms with Gasteiger partial charge in [-0.3, -0.25) is 0 Å². The summed E-state index contributed by atoms with van der Waals surface area (Å²) in [5.74, 6) is 0.629. The third-order valence-electron chi connectivity index (χ3n) is 4.54. The van der Waals surface area contributed by atoms with Crippen LogP contribution in [0.25, 0.3) is 22.4 Å². The molecule has 130 valence electrons. The number of fused-ring (bicyclic) bond motifs is 1. The molecule has 0 aliphatic heterocycles. The van der Waals surface area contributed by atoms with Crippen molar-refractivity contribution in [3.05, 3.63) is 53.6 Å². The SMILES string of the molecule is CCOC(=O)c1ccc2c(c1)nc(-c1ccc(C)cc1)n2[C@@H](C)CC. The van der Waals surface area contributed by atoms with Gasteiger partial charge in [-0.1, -0.05) is 36.8 Å². The Morgan fingerprint density at radius 1 is 1.16 bits per heavy atom. The zero-order valence-corrected chi connectivity index (χ0v) is 15.2. The molecule has 0 unspecified atom stereocenters. The van der Waals surface area contributed by atoms with Crippen LogP contribution in [0.5, 0.6) is 0 Å². The Morgan fingerprint density at radius 2 is 1.88 bits per heavy atom. The molecule has 3 aromatic rings. The van der Waals surface area contributed by atoms with Crippen molar-refractivity contribution < 1.29 is 9.53 Å². The highest BCUT2D eigenvalue weighted by atomic mass is 16.5. The summed E-state index contributed by atoms with van der Waals surface area (Å²) in [4.78, 5) is 16.9. The number of aryl methyl sites for hydroxylation is 1. The van der Waals surface area contributed by atoms with Gasteiger partial charge in [-0.25, -0.2) is 9.78 Å². The van der Waals surface area contributed by atoms with Gasteiger partial charge in [0.2, 0.25) is 0 Å². The van der Waals surface area contributed by atoms with Gasteiger partial charge in [0.15, 0.2) is 0 Å². The zero-order chi connectivity index (χ0) is 18.0. The lowest BCUT2D eigenvalue weighted by Gasteiger charge is -2.16. The quantitative estimate of drug-likeness (QED) is 0.605. The van der Waals surface area contributed by atoms with E-state index in [0.29, 0.717) is 18.2 Å². The Balaban J connectivity index is 2.17. The molecule has 0 aliphatic carbocycles. The second kappa shape index (κ2) is 7.09. The maximum absolute atomic E-state index is 12.0. The van der Waals surface area contributed by atoms with Gasteiger partial charge in [-0.05, 0) is 45.4 Å². The Hall–Kier alpha value is -2.62. The summed E-state index contributed by atoms with van der Waals surface area (Å²) >= 11 is 0. The molecule has 1 atom stereocenters. The third-order valence-corrected chi connectivity index (χ3v) is 4.54. The summed E-state index contributed by atoms with van der Waals surface area (Å²) in [6.07, 6.45) is 1.00. The molecule has 0 amide bonds. The molecule has 2 aromatic carbocycles. The van der Waals surface area contributed by atoms with E-state index < -0.39 is 0 Å². The lowest BCUT2D eigenvalue weighted by molar-refractivity contribution is 0.0526. The highest BCUT2D eigenvalue weighted by Gasteiger charge is 2.18. The minimum Gasteiger partial charge on any atom is -0.462 e. The van der Waals surface area contributed by atoms with Gasteiger partial charge >= 0.3 is 5.97 Å². The molecular formula is C21H24N2O2. The molecule has 25 heavy (non-hydrogen) atoms. The number of hydrogen-bond donors (Lipinski definition) is 0. The molecule has 4 heteroatoms. The second-order valence-electron chi connectivity index (χ2n) is 6.35. The van der Waals surface area contributed by atoms with Crippen LogP contribution in [0.1, 0.15) is 49.2 Å². The highest BCUT2D eigenvalue weighted by Crippen LogP contribution is 2.30. The molecule has 0 N–H and O–H groups in total. The Morgan fingerprint density at radius 3 is 2.52 bits per heavy atom. The molecule has 0 saturated carbocycles. The third kappa shape index (κ3) is 3.29. The molecule has 0 fully saturated rings. The van der Waals surface area contributed by atoms with E-state index in [-0.39, 0.29) is 5.97 Å². The fourth-order valence-corrected chi connectivity index (χ4v) is 2.98. The van der Waals surface area contributed by atoms with Gasteiger partial charge < -0.3 is 9.30 Å². The zero-order valence-electron chi connectivity index (χ0n) is 15.2. The fraction of sp³-hybridized carbons (Fsp3) is 0.333. The van der Waals surface area contributed by atoms with Crippen LogP contribution in [-0.2, 0) is 4.74 Å². The van der Waals surface area contributed by atoms with Crippen molar-refractivity contribution in [3.63, 3.8) is 0 Å². The summed E-state index contributed by atoms with van der Waals surface area (Å²) in [6, 6.07) is 14.3. The lowest BCUT2D eigenvalue weighted by atomic mass is 10.1. The molecular weight excluding hydrogens is 312 g/mol. The van der Waals surface area contributed by atoms with Crippen LogP contribution in [0.15, 0.2) is 42.5 Å². The number of imidazole rings is 1. The van der Waals surface area contributed by atoms with E-state index in [4.69, 9.17) is 9.72 Å². The molecule has 0 bridgehead atoms. The molecule has 0 radical (unpaired) electrons. The first-order valence-electron chi connectivity index (χ1n) is 8.81. The van der Waals surface area contributed by atoms with E-state index in [1.807, 2.05) is 25.1 Å². The monoisotopic (exact) mass is 336 g/mol. The van der Waals surface area contributed by atoms with Crippen LogP contribution in [-0.4, -0.2) is 22.1 Å². The van der Waals surface area contributed by atoms with E-state index >= 15 is 0 Å². The van der Waals surface area contributed by atoms with Crippen LogP contribution in [0, 0.1) is 6.92 Å². The smallest absolute Gasteiger partial charge is 0.338 e. The lowest BCUT2D eigenvalue weighted by Crippen LogP contribution is -2.06. The number of ether oxygens (including phenoxy) is 1. The maximum Gasteiger partial charge on any atom is 0.338 e. The largest absolute Gasteiger partial charge is 0.462 e. The molecule has 0 spiro atoms. The average molecular weight is 336 g/mol. The Labute approximate surface area is 148 Å². The molecule has 1 aromatic heterocycles. The summed E-state index contributed by atoms with van der Waals surface area (Å²) in [6.45, 7) is 8.61. The fourth-order valence-electron chi connectivity index (χ4n) is 2.98. The second-order valence-corrected chi connectivity index (χ2v) is 6.35. The van der Waals surface area contributed by atoms with Gasteiger partial charge in [0, 0.05) is 11.6 Å². The van der Waals surface area contributed by atoms with Crippen molar-refractivity contribution in [3.8, 4) is 11.4 Å². The van der Waals surface area contributed by atoms with E-state index in [1.165, 1.54) is 5.56 Å². The minimum atomic E-state index is -0.306. The number of rotatable bonds is 5. The number of aromatic nitrogens is 2. The maximum atomic E-state index is 12.0. The number of esters is 1. The van der Waals surface area contributed by atoms with Crippen LogP contribution in [0.4, 0.5) is 0 Å². The summed E-state index contributed by atoms with van der Waals surface area (Å²) in [7, 11) is 0. The molecule has 0 aliphatic rings. The highest BCUT2D eigenvalue weighted by molar-refractivity contribution is 5.94. The first kappa shape index (κ1) is 17.2. The van der Waals surface area contributed by atoms with Gasteiger partial charge in [0.1, 0.15) is 5.82 Å². The van der Waals surface area contributed by atoms with Gasteiger partial charge in [-0.15, -0.1) is 0 Å². The van der Waals surface area contributed by atoms with Crippen molar-refractivity contribution in [1.29, 1.82) is 0 Å². The normalized spacial score (nSPS) is 12.3. The molecule has 1 heterocycles. The van der Waals surface area contributed by atoms with Crippen molar-refractivity contribution in [2.24, 2.45) is 0 Å². The molecule has 3 rings (SSSR count). The van der Waals surface area contributed by atoms with Crippen LogP contribution >= 0.6 is 0 Å². The van der Waals surface area contributed by atoms with Crippen LogP contribution in [0.2, 0.25) is 0 Å². The van der Waals surface area contributed by atoms with E-state index in [2.05, 4.69) is 49.6 Å². The predicted molar refractivity (Wildman–Crippen MR) is 101 cm³/mol. The van der Waals surface area contributed by atoms with Crippen LogP contribution in [0.3, 0.4) is 0 Å². The Bertz CT molecular complexity index is 894. The number of benzene rings is 2. The van der Waals surface area contributed by atoms with Crippen molar-refractivity contribution in [2.75, 3.05) is 6.61 Å². The summed E-state index contributed by atoms with van der Waals surface area (Å²) < 4.78 is 7.37. The minimum absolute atomic E-state index is 0.306. The van der Waals surface area contributed by atoms with Gasteiger partial charge in [0.25, 0.3) is 0 Å². The van der Waals surface area contributed by atoms with Gasteiger partial charge in [0.05, 0.1) is 23.2 Å². The van der Waals surface area contributed by atoms with E-state index in [0.717, 1.165) is 28.8 Å².